The van der Waals surface area contributed by atoms with Gasteiger partial charge in [0.15, 0.2) is 0 Å². The highest BCUT2D eigenvalue weighted by Gasteiger charge is 2.22. The number of likely N-dealkylation sites (N-methyl/N-ethyl adjacent to an activating group) is 4. The van der Waals surface area contributed by atoms with Gasteiger partial charge < -0.3 is 106 Å². The van der Waals surface area contributed by atoms with E-state index in [9.17, 15) is 54.0 Å². The normalized spacial score (nSPS) is 13.2. The fourth-order valence-electron chi connectivity index (χ4n) is 14.4. The highest BCUT2D eigenvalue weighted by atomic mass is 16.3. The number of fused-ring (bicyclic) bond motifs is 7. The van der Waals surface area contributed by atoms with E-state index in [0.717, 1.165) is 139 Å². The molecule has 668 valence electrons. The molecule has 39 nitrogen and oxygen atoms in total. The van der Waals surface area contributed by atoms with Gasteiger partial charge in [-0.3, -0.25) is 53.2 Å². The van der Waals surface area contributed by atoms with Gasteiger partial charge in [-0.1, -0.05) is 67.7 Å². The summed E-state index contributed by atoms with van der Waals surface area (Å²) in [5.74, 6) is 0.964. The molecule has 3 unspecified atom stereocenters. The molecule has 14 heterocycles. The Morgan fingerprint density at radius 2 is 0.407 bits per heavy atom. The second-order valence-electron chi connectivity index (χ2n) is 30.5. The summed E-state index contributed by atoms with van der Waals surface area (Å²) in [7, 11) is 7.82. The molecule has 0 spiro atoms. The summed E-state index contributed by atoms with van der Waals surface area (Å²) in [5, 5.41) is 64.5. The minimum atomic E-state index is -0.164. The molecule has 7 atom stereocenters. The van der Waals surface area contributed by atoms with Crippen LogP contribution in [0.25, 0.3) is 77.2 Å². The fourth-order valence-corrected chi connectivity index (χ4v) is 14.4. The van der Waals surface area contributed by atoms with Crippen molar-refractivity contribution in [2.24, 2.45) is 17.8 Å². The molecule has 0 amide bonds. The summed E-state index contributed by atoms with van der Waals surface area (Å²) in [6.07, 6.45) is 34.2. The topological polar surface area (TPSA) is 585 Å². The number of rotatable bonds is 35. The lowest BCUT2D eigenvalue weighted by Gasteiger charge is -2.24. The molecule has 14 aromatic heterocycles. The Hall–Kier alpha value is -11.5. The first kappa shape index (κ1) is 97.0. The van der Waals surface area contributed by atoms with Gasteiger partial charge in [-0.05, 0) is 127 Å². The molecule has 0 aliphatic heterocycles. The van der Waals surface area contributed by atoms with E-state index >= 15 is 0 Å². The molecular weight excluding hydrogens is 1580 g/mol. The second kappa shape index (κ2) is 49.0. The van der Waals surface area contributed by atoms with Crippen molar-refractivity contribution in [1.82, 2.24) is 124 Å². The third-order valence-electron chi connectivity index (χ3n) is 22.7. The molecule has 0 aromatic carbocycles. The van der Waals surface area contributed by atoms with E-state index in [4.69, 9.17) is 15.3 Å². The van der Waals surface area contributed by atoms with Crippen LogP contribution in [0.5, 0.6) is 0 Å². The van der Waals surface area contributed by atoms with Crippen molar-refractivity contribution in [3.05, 3.63) is 199 Å². The van der Waals surface area contributed by atoms with Crippen LogP contribution in [0.1, 0.15) is 152 Å². The van der Waals surface area contributed by atoms with Crippen LogP contribution in [0.2, 0.25) is 0 Å². The van der Waals surface area contributed by atoms with Gasteiger partial charge in [0, 0.05) is 136 Å². The van der Waals surface area contributed by atoms with Crippen molar-refractivity contribution in [2.45, 2.75) is 182 Å². The highest BCUT2D eigenvalue weighted by molar-refractivity contribution is 5.81. The zero-order valence-electron chi connectivity index (χ0n) is 72.0. The maximum Gasteiger partial charge on any atom is 0.275 e. The summed E-state index contributed by atoms with van der Waals surface area (Å²) in [6, 6.07) is 0.489. The Balaban J connectivity index is 0.000000178. The minimum Gasteiger partial charge on any atom is -0.396 e. The molecular formula is C84H123N25O14. The number of aromatic amines is 14. The van der Waals surface area contributed by atoms with Gasteiger partial charge in [-0.15, -0.1) is 0 Å². The van der Waals surface area contributed by atoms with Crippen molar-refractivity contribution in [3.63, 3.8) is 0 Å². The number of aliphatic hydroxyl groups is 7. The van der Waals surface area contributed by atoms with E-state index in [1.54, 1.807) is 24.8 Å². The Labute approximate surface area is 707 Å². The number of H-pyrrole nitrogens is 14. The number of aryl methyl sites for hydroxylation is 3. The van der Waals surface area contributed by atoms with E-state index in [2.05, 4.69) is 145 Å². The molecule has 0 aliphatic rings. The average molecular weight is 1710 g/mol. The second-order valence-corrected chi connectivity index (χ2v) is 30.5. The van der Waals surface area contributed by atoms with Crippen LogP contribution < -0.4 is 38.9 Å². The van der Waals surface area contributed by atoms with E-state index < -0.39 is 0 Å². The lowest BCUT2D eigenvalue weighted by molar-refractivity contribution is 0.138. The lowest BCUT2D eigenvalue weighted by atomic mass is 9.99. The fraction of sp³-hybridized carbons (Fsp3) is 0.500. The van der Waals surface area contributed by atoms with Crippen molar-refractivity contribution in [2.75, 3.05) is 74.4 Å². The first-order valence-electron chi connectivity index (χ1n) is 41.8. The standard InChI is InChI=1S/4C12H18N4O2.3C12H17N3O2/c4*1-3-9(6-17)16(2)5-8-4-13-11-10(8)14-7-15-12(11)18;3*1-2-8(6-16)3-4-9-5-13-11-10(9)14-7-15-12(11)17/h4*4,7,9,13,17H,3,5-6H2,1-2H3,(H,14,15,18);3*5,7-8,13,16H,2-4,6H2,1H3,(H,14,15,17)/t2*9-;;;2*8-;/m10..10./s1. The molecule has 0 fully saturated rings. The zero-order valence-corrected chi connectivity index (χ0v) is 72.0. The summed E-state index contributed by atoms with van der Waals surface area (Å²) in [6.45, 7) is 18.1. The number of nitrogens with zero attached hydrogens (tertiary/aromatic N) is 11. The van der Waals surface area contributed by atoms with E-state index in [1.807, 2.05) is 74.5 Å². The molecule has 123 heavy (non-hydrogen) atoms. The van der Waals surface area contributed by atoms with Gasteiger partial charge in [-0.25, -0.2) is 34.9 Å². The third-order valence-corrected chi connectivity index (χ3v) is 22.7. The SMILES string of the molecule is CCC(CO)CCc1c[nH]c2c(=O)[nH]cnc12.CCC(CO)N(C)Cc1c[nH]c2c(=O)[nH]cnc12.CCC(CO)N(C)Cc1c[nH]c2c(=O)[nH]cnc12.CC[C@@H](CO)CCc1c[nH]c2c(=O)[nH]cnc12.CC[C@@H](CO)N(C)Cc1c[nH]c2c(=O)[nH]cnc12.CC[C@H](CO)CCc1c[nH]c2c(=O)[nH]cnc12.CC[C@H](CO)N(C)Cc1c[nH]c2c(=O)[nH]cnc12. The average Bonchev–Trinajstić information content (AvgIpc) is 1.73. The maximum atomic E-state index is 11.5. The summed E-state index contributed by atoms with van der Waals surface area (Å²) < 4.78 is 0. The Morgan fingerprint density at radius 1 is 0.244 bits per heavy atom. The van der Waals surface area contributed by atoms with Gasteiger partial charge in [0.2, 0.25) is 0 Å². The van der Waals surface area contributed by atoms with Crippen LogP contribution in [0.3, 0.4) is 0 Å². The van der Waals surface area contributed by atoms with Crippen molar-refractivity contribution >= 4 is 77.2 Å². The Bertz CT molecular complexity index is 5260. The van der Waals surface area contributed by atoms with Crippen LogP contribution in [-0.2, 0) is 45.4 Å². The first-order chi connectivity index (χ1) is 59.4. The van der Waals surface area contributed by atoms with Crippen LogP contribution >= 0.6 is 0 Å². The molecule has 14 aromatic rings. The number of hydrogen-bond donors (Lipinski definition) is 21. The molecule has 0 saturated carbocycles. The Kier molecular flexibility index (Phi) is 38.6. The molecule has 0 saturated heterocycles. The summed E-state index contributed by atoms with van der Waals surface area (Å²) in [4.78, 5) is 157. The van der Waals surface area contributed by atoms with E-state index in [1.165, 1.54) is 44.3 Å². The van der Waals surface area contributed by atoms with Gasteiger partial charge in [-0.2, -0.15) is 0 Å². The van der Waals surface area contributed by atoms with Crippen LogP contribution in [-0.4, -0.2) is 259 Å². The maximum absolute atomic E-state index is 11.5. The highest BCUT2D eigenvalue weighted by Crippen LogP contribution is 2.24. The van der Waals surface area contributed by atoms with Gasteiger partial charge >= 0.3 is 0 Å². The Morgan fingerprint density at radius 3 is 0.553 bits per heavy atom. The molecule has 0 radical (unpaired) electrons. The first-order valence-corrected chi connectivity index (χ1v) is 41.8. The molecule has 21 N–H and O–H groups in total. The monoisotopic (exact) mass is 1710 g/mol. The predicted molar refractivity (Wildman–Crippen MR) is 475 cm³/mol. The predicted octanol–water partition coefficient (Wildman–Crippen LogP) is 5.42. The third kappa shape index (κ3) is 25.8. The van der Waals surface area contributed by atoms with Gasteiger partial charge in [0.1, 0.15) is 38.6 Å². The van der Waals surface area contributed by atoms with Gasteiger partial charge in [0.25, 0.3) is 38.9 Å². The summed E-state index contributed by atoms with van der Waals surface area (Å²) >= 11 is 0. The van der Waals surface area contributed by atoms with E-state index in [-0.39, 0.29) is 109 Å². The minimum absolute atomic E-state index is 0.122. The largest absolute Gasteiger partial charge is 0.396 e. The number of nitrogens with one attached hydrogen (secondary N) is 14. The van der Waals surface area contributed by atoms with Crippen LogP contribution in [0.15, 0.2) is 121 Å². The van der Waals surface area contributed by atoms with Crippen molar-refractivity contribution in [3.8, 4) is 0 Å². The van der Waals surface area contributed by atoms with E-state index in [0.29, 0.717) is 105 Å². The lowest BCUT2D eigenvalue weighted by Crippen LogP contribution is -2.33. The van der Waals surface area contributed by atoms with Crippen LogP contribution in [0, 0.1) is 17.8 Å². The smallest absolute Gasteiger partial charge is 0.275 e. The number of aromatic nitrogens is 21. The number of hydrogen-bond acceptors (Lipinski definition) is 25. The number of aliphatic hydroxyl groups excluding tert-OH is 7. The molecule has 0 bridgehead atoms. The van der Waals surface area contributed by atoms with Crippen molar-refractivity contribution in [1.29, 1.82) is 0 Å². The molecule has 39 heteroatoms. The zero-order chi connectivity index (χ0) is 89.2. The van der Waals surface area contributed by atoms with Gasteiger partial charge in [0.05, 0.1) is 109 Å². The molecule has 14 rings (SSSR count). The quantitative estimate of drug-likeness (QED) is 0.0236. The molecule has 0 aliphatic carbocycles. The summed E-state index contributed by atoms with van der Waals surface area (Å²) in [5.41, 5.74) is 14.4. The van der Waals surface area contributed by atoms with Crippen LogP contribution in [0.4, 0.5) is 0 Å². The van der Waals surface area contributed by atoms with Crippen molar-refractivity contribution < 1.29 is 35.7 Å².